The zero-order chi connectivity index (χ0) is 55.8. The highest BCUT2D eigenvalue weighted by molar-refractivity contribution is 7.22. The van der Waals surface area contributed by atoms with Crippen LogP contribution in [0.15, 0.2) is 61.1 Å². The average Bonchev–Trinajstić information content (AvgIpc) is 3.95. The lowest BCUT2D eigenvalue weighted by Crippen LogP contribution is -2.49. The summed E-state index contributed by atoms with van der Waals surface area (Å²) in [6.07, 6.45) is 3.34. The summed E-state index contributed by atoms with van der Waals surface area (Å²) >= 11 is 16.1. The van der Waals surface area contributed by atoms with E-state index in [0.717, 1.165) is 26.2 Å². The molecule has 0 radical (unpaired) electrons. The van der Waals surface area contributed by atoms with Crippen LogP contribution in [0.5, 0.6) is 23.1 Å². The predicted molar refractivity (Wildman–Crippen MR) is 299 cm³/mol. The number of thiophene rings is 1. The van der Waals surface area contributed by atoms with Gasteiger partial charge in [-0.05, 0) is 105 Å². The fraction of sp³-hybridized carbons (Fsp3) is 0.500. The third kappa shape index (κ3) is 13.6. The standard InChI is InChI=1S/C58H67Cl2FN6O12S/c1-35-47-36(2)51(60)52(50(35)59)78-43(29-67-19-17-66(3)18-20-67)32-75-42-9-10-45(38(27-42)28-46(56(68)69)79-54-49-48(47)53(80-55(49)64-34-63-54)37-5-7-39(61)8-6-37)76-30-40-13-16-62-57(65-40)58(77-26-24-71-22-21-70-4)14-11-41(12-15-58)74-33-44-31-72-23-25-73-44/h5-10,13,16,27,34,41,43-44,46H,11-12,14-15,17-26,28-33H2,1-4H3,(H,68,69)/t41-,43-,44?,46-,58-/m1/s1. The molecule has 6 aromatic rings. The van der Waals surface area contributed by atoms with Crippen molar-refractivity contribution in [2.75, 3.05) is 106 Å². The van der Waals surface area contributed by atoms with Gasteiger partial charge in [0.25, 0.3) is 0 Å². The Morgan fingerprint density at radius 2 is 1.68 bits per heavy atom. The number of rotatable bonds is 18. The minimum Gasteiger partial charge on any atom is -0.490 e. The zero-order valence-corrected chi connectivity index (χ0v) is 47.7. The second kappa shape index (κ2) is 26.7. The van der Waals surface area contributed by atoms with Crippen LogP contribution in [0.2, 0.25) is 10.0 Å². The molecule has 3 fully saturated rings. The molecule has 4 bridgehead atoms. The highest BCUT2D eigenvalue weighted by atomic mass is 35.5. The third-order valence-corrected chi connectivity index (χ3v) is 17.1. The number of nitrogens with zero attached hydrogens (tertiary/aromatic N) is 6. The van der Waals surface area contributed by atoms with Crippen LogP contribution >= 0.6 is 34.5 Å². The summed E-state index contributed by atoms with van der Waals surface area (Å²) in [5.41, 5.74) is 3.46. The second-order valence-electron chi connectivity index (χ2n) is 20.5. The number of methoxy groups -OCH3 is 1. The molecule has 80 heavy (non-hydrogen) atoms. The Kier molecular flexibility index (Phi) is 19.3. The number of piperazine rings is 1. The van der Waals surface area contributed by atoms with Crippen LogP contribution in [0.25, 0.3) is 31.8 Å². The number of hydrogen-bond donors (Lipinski definition) is 1. The first-order valence-electron chi connectivity index (χ1n) is 27.1. The Bertz CT molecular complexity index is 3050. The molecule has 5 aliphatic rings. The van der Waals surface area contributed by atoms with Crippen LogP contribution in [0.4, 0.5) is 4.39 Å². The summed E-state index contributed by atoms with van der Waals surface area (Å²) in [7, 11) is 3.73. The van der Waals surface area contributed by atoms with Gasteiger partial charge in [0.05, 0.1) is 80.1 Å². The molecule has 22 heteroatoms. The fourth-order valence-corrected chi connectivity index (χ4v) is 12.3. The summed E-state index contributed by atoms with van der Waals surface area (Å²) in [4.78, 5) is 38.4. The number of aromatic nitrogens is 4. The molecule has 3 atom stereocenters. The number of benzene rings is 3. The molecule has 1 saturated carbocycles. The number of likely N-dealkylation sites (N-methyl/N-ethyl adjacent to an activating group) is 1. The van der Waals surface area contributed by atoms with Crippen molar-refractivity contribution in [2.45, 2.75) is 82.6 Å². The van der Waals surface area contributed by atoms with Gasteiger partial charge in [0.15, 0.2) is 11.6 Å². The van der Waals surface area contributed by atoms with Gasteiger partial charge in [-0.25, -0.2) is 29.1 Å². The first-order chi connectivity index (χ1) is 38.9. The molecule has 0 amide bonds. The Labute approximate surface area is 478 Å². The molecule has 2 saturated heterocycles. The molecule has 1 unspecified atom stereocenters. The van der Waals surface area contributed by atoms with Gasteiger partial charge in [0.2, 0.25) is 12.0 Å². The van der Waals surface area contributed by atoms with Gasteiger partial charge in [-0.1, -0.05) is 35.3 Å². The number of aliphatic carboxylic acids is 1. The van der Waals surface area contributed by atoms with E-state index in [1.807, 2.05) is 13.8 Å². The SMILES string of the molecule is COCCOCCO[C@]1(c2nccc(COc3ccc4cc3C[C@H](C(=O)O)Oc3ncnc5sc(-c6ccc(F)cc6)c(c35)-c3c(C)c(Cl)c(c(Cl)c3C)O[C@H](CN3CCN(C)CC3)CO4)n2)CC[C@@H](OCC2COCCO2)CC1. The van der Waals surface area contributed by atoms with Crippen molar-refractivity contribution in [3.05, 3.63) is 105 Å². The molecule has 11 rings (SSSR count). The van der Waals surface area contributed by atoms with E-state index >= 15 is 0 Å². The largest absolute Gasteiger partial charge is 0.490 e. The molecule has 0 spiro atoms. The van der Waals surface area contributed by atoms with Crippen molar-refractivity contribution in [3.63, 3.8) is 0 Å². The second-order valence-corrected chi connectivity index (χ2v) is 22.3. The molecular weight excluding hydrogens is 1090 g/mol. The summed E-state index contributed by atoms with van der Waals surface area (Å²) < 4.78 is 76.5. The topological polar surface area (TPSA) is 188 Å². The van der Waals surface area contributed by atoms with Gasteiger partial charge in [-0.2, -0.15) is 0 Å². The first kappa shape index (κ1) is 57.9. The number of carbonyl (C=O) groups is 1. The number of fused-ring (bicyclic) bond motifs is 7. The smallest absolute Gasteiger partial charge is 0.345 e. The summed E-state index contributed by atoms with van der Waals surface area (Å²) in [5, 5.41) is 12.1. The van der Waals surface area contributed by atoms with Gasteiger partial charge >= 0.3 is 5.97 Å². The lowest BCUT2D eigenvalue weighted by molar-refractivity contribution is -0.147. The predicted octanol–water partition coefficient (Wildman–Crippen LogP) is 9.17. The highest BCUT2D eigenvalue weighted by Crippen LogP contribution is 2.53. The highest BCUT2D eigenvalue weighted by Gasteiger charge is 2.41. The number of halogens is 3. The molecular formula is C58H67Cl2FN6O12S. The van der Waals surface area contributed by atoms with E-state index in [1.54, 1.807) is 49.7 Å². The molecule has 4 aliphatic heterocycles. The van der Waals surface area contributed by atoms with Crippen LogP contribution in [-0.4, -0.2) is 172 Å². The van der Waals surface area contributed by atoms with Crippen LogP contribution in [0, 0.1) is 19.7 Å². The molecule has 3 aromatic carbocycles. The molecule has 428 valence electrons. The number of carboxylic acid groups (broad SMARTS) is 1. The van der Waals surface area contributed by atoms with E-state index < -0.39 is 29.6 Å². The Morgan fingerprint density at radius 3 is 2.41 bits per heavy atom. The molecule has 1 aliphatic carbocycles. The van der Waals surface area contributed by atoms with Crippen LogP contribution < -0.4 is 18.9 Å². The Morgan fingerprint density at radius 1 is 0.900 bits per heavy atom. The van der Waals surface area contributed by atoms with Crippen LogP contribution in [0.1, 0.15) is 53.9 Å². The van der Waals surface area contributed by atoms with Crippen LogP contribution in [0.3, 0.4) is 0 Å². The van der Waals surface area contributed by atoms with Gasteiger partial charge in [-0.15, -0.1) is 11.3 Å². The van der Waals surface area contributed by atoms with Gasteiger partial charge in [-0.3, -0.25) is 4.90 Å². The normalized spacial score (nSPS) is 22.1. The monoisotopic (exact) mass is 1160 g/mol. The zero-order valence-electron chi connectivity index (χ0n) is 45.4. The quantitative estimate of drug-likeness (QED) is 0.0802. The number of carboxylic acids is 1. The summed E-state index contributed by atoms with van der Waals surface area (Å²) in [5.74, 6) is 0.00256. The summed E-state index contributed by atoms with van der Waals surface area (Å²) in [6.45, 7) is 11.5. The van der Waals surface area contributed by atoms with E-state index in [0.29, 0.717) is 162 Å². The Hall–Kier alpha value is -5.36. The molecule has 1 N–H and O–H groups in total. The van der Waals surface area contributed by atoms with E-state index in [2.05, 4.69) is 26.8 Å². The van der Waals surface area contributed by atoms with Crippen molar-refractivity contribution < 1.29 is 61.7 Å². The van der Waals surface area contributed by atoms with E-state index in [4.69, 9.17) is 80.5 Å². The number of hydrogen-bond acceptors (Lipinski definition) is 18. The average molecular weight is 1160 g/mol. The summed E-state index contributed by atoms with van der Waals surface area (Å²) in [6, 6.07) is 13.2. The molecule has 18 nitrogen and oxygen atoms in total. The van der Waals surface area contributed by atoms with E-state index in [1.165, 1.54) is 29.8 Å². The molecule has 3 aromatic heterocycles. The first-order valence-corrected chi connectivity index (χ1v) is 28.6. The minimum atomic E-state index is -1.50. The molecule has 7 heterocycles. The van der Waals surface area contributed by atoms with Gasteiger partial charge in [0.1, 0.15) is 59.5 Å². The van der Waals surface area contributed by atoms with Crippen LogP contribution in [-0.2, 0) is 51.8 Å². The van der Waals surface area contributed by atoms with E-state index in [9.17, 15) is 14.3 Å². The van der Waals surface area contributed by atoms with Crippen molar-refractivity contribution in [1.82, 2.24) is 29.7 Å². The maximum absolute atomic E-state index is 14.5. The van der Waals surface area contributed by atoms with E-state index in [-0.39, 0.29) is 47.8 Å². The third-order valence-electron chi connectivity index (χ3n) is 15.0. The maximum Gasteiger partial charge on any atom is 0.345 e. The number of ether oxygens (including phenoxy) is 10. The minimum absolute atomic E-state index is 0.00111. The van der Waals surface area contributed by atoms with Crippen molar-refractivity contribution in [1.29, 1.82) is 0 Å². The van der Waals surface area contributed by atoms with Crippen molar-refractivity contribution in [3.8, 4) is 44.7 Å². The van der Waals surface area contributed by atoms with Gasteiger partial charge in [0, 0.05) is 68.5 Å². The lowest BCUT2D eigenvalue weighted by atomic mass is 9.82. The Balaban J connectivity index is 0.984. The fourth-order valence-electron chi connectivity index (χ4n) is 10.6. The van der Waals surface area contributed by atoms with Crippen molar-refractivity contribution >= 4 is 50.7 Å². The maximum atomic E-state index is 14.5. The van der Waals surface area contributed by atoms with Gasteiger partial charge < -0.3 is 57.4 Å². The lowest BCUT2D eigenvalue weighted by Gasteiger charge is -2.39. The van der Waals surface area contributed by atoms with Crippen molar-refractivity contribution in [2.24, 2.45) is 0 Å².